The van der Waals surface area contributed by atoms with Gasteiger partial charge in [-0.05, 0) is 31.5 Å². The average Bonchev–Trinajstić information content (AvgIpc) is 2.58. The maximum Gasteiger partial charge on any atom is 0.107 e. The quantitative estimate of drug-likeness (QED) is 0.903. The first-order valence-electron chi connectivity index (χ1n) is 5.45. The van der Waals surface area contributed by atoms with Crippen molar-refractivity contribution >= 4 is 11.8 Å². The van der Waals surface area contributed by atoms with Crippen LogP contribution in [0.25, 0.3) is 0 Å². The third-order valence-electron chi connectivity index (χ3n) is 2.46. The molecule has 0 unspecified atom stereocenters. The standard InChI is InChI=1S/C12H16N4S/c1-8-4-5-10(7-13)12(14-8)17-11-6-9(2)15-16(11)3/h4-6H,7,13H2,1-3H3. The Hall–Kier alpha value is -1.33. The number of aromatic nitrogens is 3. The van der Waals surface area contributed by atoms with Crippen molar-refractivity contribution in [1.29, 1.82) is 0 Å². The van der Waals surface area contributed by atoms with Crippen LogP contribution in [0.15, 0.2) is 28.3 Å². The summed E-state index contributed by atoms with van der Waals surface area (Å²) in [5.74, 6) is 0. The Balaban J connectivity index is 2.35. The molecule has 0 aliphatic heterocycles. The Bertz CT molecular complexity index is 533. The molecule has 0 fully saturated rings. The molecule has 2 aromatic heterocycles. The van der Waals surface area contributed by atoms with Gasteiger partial charge in [0.2, 0.25) is 0 Å². The summed E-state index contributed by atoms with van der Waals surface area (Å²) in [5, 5.41) is 6.37. The molecule has 0 saturated carbocycles. The molecular formula is C12H16N4S. The van der Waals surface area contributed by atoms with E-state index in [1.165, 1.54) is 0 Å². The molecule has 2 N–H and O–H groups in total. The lowest BCUT2D eigenvalue weighted by molar-refractivity contribution is 0.691. The predicted octanol–water partition coefficient (Wildman–Crippen LogP) is 2.04. The van der Waals surface area contributed by atoms with Crippen molar-refractivity contribution in [3.63, 3.8) is 0 Å². The summed E-state index contributed by atoms with van der Waals surface area (Å²) >= 11 is 1.61. The van der Waals surface area contributed by atoms with Crippen molar-refractivity contribution in [2.24, 2.45) is 12.8 Å². The maximum atomic E-state index is 5.72. The van der Waals surface area contributed by atoms with Crippen molar-refractivity contribution < 1.29 is 0 Å². The third-order valence-corrected chi connectivity index (χ3v) is 3.60. The molecule has 0 aliphatic carbocycles. The van der Waals surface area contributed by atoms with E-state index in [9.17, 15) is 0 Å². The minimum atomic E-state index is 0.506. The van der Waals surface area contributed by atoms with Crippen molar-refractivity contribution in [1.82, 2.24) is 14.8 Å². The first kappa shape index (κ1) is 12.1. The molecule has 90 valence electrons. The molecular weight excluding hydrogens is 232 g/mol. The zero-order chi connectivity index (χ0) is 12.4. The van der Waals surface area contributed by atoms with Crippen LogP contribution in [0, 0.1) is 13.8 Å². The maximum absolute atomic E-state index is 5.72. The van der Waals surface area contributed by atoms with E-state index in [4.69, 9.17) is 5.73 Å². The second-order valence-corrected chi connectivity index (χ2v) is 4.98. The van der Waals surface area contributed by atoms with Crippen molar-refractivity contribution in [2.45, 2.75) is 30.4 Å². The summed E-state index contributed by atoms with van der Waals surface area (Å²) in [6, 6.07) is 6.07. The van der Waals surface area contributed by atoms with Gasteiger partial charge >= 0.3 is 0 Å². The van der Waals surface area contributed by atoms with Crippen molar-refractivity contribution in [3.05, 3.63) is 35.2 Å². The van der Waals surface area contributed by atoms with E-state index in [2.05, 4.69) is 16.1 Å². The van der Waals surface area contributed by atoms with E-state index < -0.39 is 0 Å². The SMILES string of the molecule is Cc1ccc(CN)c(Sc2cc(C)nn2C)n1. The summed E-state index contributed by atoms with van der Waals surface area (Å²) in [7, 11) is 1.94. The Morgan fingerprint density at radius 3 is 2.65 bits per heavy atom. The van der Waals surface area contributed by atoms with Gasteiger partial charge in [-0.15, -0.1) is 0 Å². The molecule has 4 nitrogen and oxygen atoms in total. The Kier molecular flexibility index (Phi) is 3.49. The highest BCUT2D eigenvalue weighted by Gasteiger charge is 2.09. The number of hydrogen-bond donors (Lipinski definition) is 1. The van der Waals surface area contributed by atoms with Crippen LogP contribution in [0.2, 0.25) is 0 Å². The van der Waals surface area contributed by atoms with Crippen LogP contribution < -0.4 is 5.73 Å². The smallest absolute Gasteiger partial charge is 0.107 e. The van der Waals surface area contributed by atoms with Crippen LogP contribution in [-0.2, 0) is 13.6 Å². The van der Waals surface area contributed by atoms with Crippen LogP contribution in [0.1, 0.15) is 17.0 Å². The highest BCUT2D eigenvalue weighted by Crippen LogP contribution is 2.29. The average molecular weight is 248 g/mol. The van der Waals surface area contributed by atoms with Gasteiger partial charge in [0.1, 0.15) is 10.1 Å². The third kappa shape index (κ3) is 2.68. The highest BCUT2D eigenvalue weighted by molar-refractivity contribution is 7.99. The van der Waals surface area contributed by atoms with Gasteiger partial charge in [-0.25, -0.2) is 4.98 Å². The monoisotopic (exact) mass is 248 g/mol. The second-order valence-electron chi connectivity index (χ2n) is 3.97. The van der Waals surface area contributed by atoms with Gasteiger partial charge in [0.15, 0.2) is 0 Å². The molecule has 0 saturated heterocycles. The molecule has 0 aromatic carbocycles. The van der Waals surface area contributed by atoms with Crippen molar-refractivity contribution in [3.8, 4) is 0 Å². The number of nitrogens with zero attached hydrogens (tertiary/aromatic N) is 3. The topological polar surface area (TPSA) is 56.7 Å². The Labute approximate surface area is 105 Å². The van der Waals surface area contributed by atoms with Gasteiger partial charge in [0, 0.05) is 19.3 Å². The normalized spacial score (nSPS) is 10.8. The molecule has 0 aliphatic rings. The van der Waals surface area contributed by atoms with E-state index >= 15 is 0 Å². The highest BCUT2D eigenvalue weighted by atomic mass is 32.2. The van der Waals surface area contributed by atoms with Gasteiger partial charge in [-0.3, -0.25) is 4.68 Å². The van der Waals surface area contributed by atoms with Crippen LogP contribution in [0.4, 0.5) is 0 Å². The van der Waals surface area contributed by atoms with E-state index in [-0.39, 0.29) is 0 Å². The van der Waals surface area contributed by atoms with Crippen molar-refractivity contribution in [2.75, 3.05) is 0 Å². The first-order chi connectivity index (χ1) is 8.10. The van der Waals surface area contributed by atoms with Gasteiger partial charge < -0.3 is 5.73 Å². The molecule has 0 spiro atoms. The molecule has 2 heterocycles. The van der Waals surface area contributed by atoms with E-state index in [1.807, 2.05) is 37.7 Å². The zero-order valence-electron chi connectivity index (χ0n) is 10.3. The first-order valence-corrected chi connectivity index (χ1v) is 6.27. The van der Waals surface area contributed by atoms with E-state index in [1.54, 1.807) is 11.8 Å². The van der Waals surface area contributed by atoms with E-state index in [0.29, 0.717) is 6.54 Å². The Morgan fingerprint density at radius 2 is 2.06 bits per heavy atom. The number of rotatable bonds is 3. The number of aryl methyl sites for hydroxylation is 3. The molecule has 0 bridgehead atoms. The largest absolute Gasteiger partial charge is 0.326 e. The van der Waals surface area contributed by atoms with Crippen LogP contribution in [-0.4, -0.2) is 14.8 Å². The molecule has 5 heteroatoms. The molecule has 17 heavy (non-hydrogen) atoms. The zero-order valence-corrected chi connectivity index (χ0v) is 11.1. The summed E-state index contributed by atoms with van der Waals surface area (Å²) in [4.78, 5) is 4.53. The number of hydrogen-bond acceptors (Lipinski definition) is 4. The fraction of sp³-hybridized carbons (Fsp3) is 0.333. The molecule has 0 atom stereocenters. The molecule has 2 aromatic rings. The molecule has 0 radical (unpaired) electrons. The molecule has 0 amide bonds. The van der Waals surface area contributed by atoms with Crippen LogP contribution in [0.5, 0.6) is 0 Å². The summed E-state index contributed by atoms with van der Waals surface area (Å²) in [5.41, 5.74) is 8.81. The minimum Gasteiger partial charge on any atom is -0.326 e. The predicted molar refractivity (Wildman–Crippen MR) is 68.9 cm³/mol. The molecule has 2 rings (SSSR count). The van der Waals surface area contributed by atoms with Crippen LogP contribution >= 0.6 is 11.8 Å². The second kappa shape index (κ2) is 4.89. The van der Waals surface area contributed by atoms with Crippen LogP contribution in [0.3, 0.4) is 0 Å². The minimum absolute atomic E-state index is 0.506. The fourth-order valence-electron chi connectivity index (χ4n) is 1.59. The van der Waals surface area contributed by atoms with Gasteiger partial charge in [0.25, 0.3) is 0 Å². The van der Waals surface area contributed by atoms with E-state index in [0.717, 1.165) is 27.0 Å². The number of nitrogens with two attached hydrogens (primary N) is 1. The van der Waals surface area contributed by atoms with Gasteiger partial charge in [-0.2, -0.15) is 5.10 Å². The van der Waals surface area contributed by atoms with Gasteiger partial charge in [-0.1, -0.05) is 17.8 Å². The van der Waals surface area contributed by atoms with Gasteiger partial charge in [0.05, 0.1) is 5.69 Å². The summed E-state index contributed by atoms with van der Waals surface area (Å²) < 4.78 is 1.87. The summed E-state index contributed by atoms with van der Waals surface area (Å²) in [6.45, 7) is 4.48. The lowest BCUT2D eigenvalue weighted by Gasteiger charge is -2.07. The fourth-order valence-corrected chi connectivity index (χ4v) is 2.66. The summed E-state index contributed by atoms with van der Waals surface area (Å²) in [6.07, 6.45) is 0. The lowest BCUT2D eigenvalue weighted by Crippen LogP contribution is -2.01. The lowest BCUT2D eigenvalue weighted by atomic mass is 10.2. The number of pyridine rings is 1. The Morgan fingerprint density at radius 1 is 1.29 bits per heavy atom.